The Morgan fingerprint density at radius 1 is 1.29 bits per heavy atom. The van der Waals surface area contributed by atoms with Crippen LogP contribution >= 0.6 is 0 Å². The van der Waals surface area contributed by atoms with E-state index in [1.54, 1.807) is 0 Å². The number of piperidine rings is 1. The molecule has 1 aromatic carbocycles. The van der Waals surface area contributed by atoms with Crippen LogP contribution in [0.5, 0.6) is 5.75 Å². The summed E-state index contributed by atoms with van der Waals surface area (Å²) < 4.78 is 5.86. The molecule has 0 bridgehead atoms. The molecule has 4 heterocycles. The molecule has 0 radical (unpaired) electrons. The van der Waals surface area contributed by atoms with E-state index < -0.39 is 0 Å². The number of benzene rings is 1. The molecular weight excluding hydrogens is 352 g/mol. The molecule has 2 aromatic rings. The highest BCUT2D eigenvalue weighted by atomic mass is 16.5. The molecule has 1 spiro atoms. The van der Waals surface area contributed by atoms with Crippen LogP contribution in [0, 0.1) is 5.92 Å². The number of amides is 1. The van der Waals surface area contributed by atoms with E-state index in [1.807, 2.05) is 24.5 Å². The van der Waals surface area contributed by atoms with Crippen molar-refractivity contribution < 1.29 is 9.53 Å². The second-order valence-corrected chi connectivity index (χ2v) is 8.24. The number of rotatable bonds is 2. The number of imidazole rings is 1. The summed E-state index contributed by atoms with van der Waals surface area (Å²) in [5, 5.41) is 0. The van der Waals surface area contributed by atoms with E-state index in [1.165, 1.54) is 11.4 Å². The molecule has 3 aliphatic heterocycles. The van der Waals surface area contributed by atoms with Crippen LogP contribution in [0.4, 0.5) is 0 Å². The smallest absolute Gasteiger partial charge is 0.229 e. The number of likely N-dealkylation sites (tertiary alicyclic amines) is 1. The third-order valence-corrected chi connectivity index (χ3v) is 6.91. The zero-order chi connectivity index (χ0) is 19.1. The van der Waals surface area contributed by atoms with Crippen LogP contribution in [0.15, 0.2) is 30.6 Å². The first-order valence-electron chi connectivity index (χ1n) is 10.5. The summed E-state index contributed by atoms with van der Waals surface area (Å²) in [6.45, 7) is 6.38. The number of likely N-dealkylation sites (N-methyl/N-ethyl adjacent to an activating group) is 1. The van der Waals surface area contributed by atoms with Crippen LogP contribution in [-0.2, 0) is 23.2 Å². The predicted molar refractivity (Wildman–Crippen MR) is 106 cm³/mol. The molecular formula is C22H28N4O2. The van der Waals surface area contributed by atoms with Crippen LogP contribution in [0.2, 0.25) is 0 Å². The van der Waals surface area contributed by atoms with Gasteiger partial charge in [0.2, 0.25) is 5.91 Å². The number of nitrogens with one attached hydrogen (secondary N) is 1. The summed E-state index contributed by atoms with van der Waals surface area (Å²) in [6.07, 6.45) is 5.55. The maximum atomic E-state index is 13.2. The third-order valence-electron chi connectivity index (χ3n) is 6.91. The van der Waals surface area contributed by atoms with Crippen molar-refractivity contribution in [1.29, 1.82) is 0 Å². The minimum Gasteiger partial charge on any atom is -0.492 e. The molecule has 1 saturated heterocycles. The van der Waals surface area contributed by atoms with E-state index in [0.29, 0.717) is 6.61 Å². The van der Waals surface area contributed by atoms with Crippen molar-refractivity contribution >= 4 is 5.91 Å². The van der Waals surface area contributed by atoms with Gasteiger partial charge in [0.15, 0.2) is 0 Å². The molecule has 1 N–H and O–H groups in total. The minimum atomic E-state index is -0.0708. The Balaban J connectivity index is 1.31. The van der Waals surface area contributed by atoms with Crippen molar-refractivity contribution in [3.05, 3.63) is 47.5 Å². The number of aromatic amines is 1. The molecule has 0 saturated carbocycles. The average molecular weight is 380 g/mol. The lowest BCUT2D eigenvalue weighted by molar-refractivity contribution is -0.140. The van der Waals surface area contributed by atoms with Crippen LogP contribution in [0.3, 0.4) is 0 Å². The molecule has 28 heavy (non-hydrogen) atoms. The third kappa shape index (κ3) is 2.73. The van der Waals surface area contributed by atoms with Crippen molar-refractivity contribution in [1.82, 2.24) is 19.8 Å². The number of ether oxygens (including phenoxy) is 1. The Hall–Kier alpha value is -2.34. The van der Waals surface area contributed by atoms with Crippen LogP contribution in [0.25, 0.3) is 0 Å². The van der Waals surface area contributed by atoms with Gasteiger partial charge in [-0.3, -0.25) is 9.69 Å². The van der Waals surface area contributed by atoms with Gasteiger partial charge in [0.1, 0.15) is 12.4 Å². The van der Waals surface area contributed by atoms with Gasteiger partial charge in [-0.15, -0.1) is 0 Å². The Kier molecular flexibility index (Phi) is 4.38. The van der Waals surface area contributed by atoms with E-state index in [2.05, 4.69) is 27.8 Å². The van der Waals surface area contributed by atoms with Gasteiger partial charge < -0.3 is 14.6 Å². The fraction of sp³-hybridized carbons (Fsp3) is 0.545. The molecule has 1 unspecified atom stereocenters. The fourth-order valence-electron chi connectivity index (χ4n) is 5.38. The highest BCUT2D eigenvalue weighted by molar-refractivity contribution is 5.80. The first-order chi connectivity index (χ1) is 13.7. The first kappa shape index (κ1) is 17.7. The van der Waals surface area contributed by atoms with Crippen molar-refractivity contribution in [2.75, 3.05) is 32.8 Å². The summed E-state index contributed by atoms with van der Waals surface area (Å²) in [7, 11) is 0. The monoisotopic (exact) mass is 380 g/mol. The standard InChI is InChI=1S/C22H28N4O2/c1-2-26-10-7-18-20(24-15-23-18)22(26)8-11-25(12-9-22)21(27)17-13-16-5-3-4-6-19(16)28-14-17/h3-6,15,17H,2,7-14H2,1H3,(H,23,24). The zero-order valence-corrected chi connectivity index (χ0v) is 16.5. The number of fused-ring (bicyclic) bond motifs is 3. The van der Waals surface area contributed by atoms with Gasteiger partial charge in [-0.2, -0.15) is 0 Å². The largest absolute Gasteiger partial charge is 0.492 e. The highest BCUT2D eigenvalue weighted by Gasteiger charge is 2.47. The van der Waals surface area contributed by atoms with Gasteiger partial charge in [-0.1, -0.05) is 25.1 Å². The van der Waals surface area contributed by atoms with Gasteiger partial charge in [0.05, 0.1) is 23.5 Å². The highest BCUT2D eigenvalue weighted by Crippen LogP contribution is 2.42. The summed E-state index contributed by atoms with van der Waals surface area (Å²) in [4.78, 5) is 25.8. The number of para-hydroxylation sites is 1. The normalized spacial score (nSPS) is 23.8. The molecule has 3 aliphatic rings. The van der Waals surface area contributed by atoms with Gasteiger partial charge in [0, 0.05) is 31.7 Å². The van der Waals surface area contributed by atoms with Gasteiger partial charge >= 0.3 is 0 Å². The Bertz CT molecular complexity index is 869. The Morgan fingerprint density at radius 3 is 2.93 bits per heavy atom. The number of carbonyl (C=O) groups is 1. The molecule has 6 heteroatoms. The summed E-state index contributed by atoms with van der Waals surface area (Å²) in [5.41, 5.74) is 3.62. The number of aromatic nitrogens is 2. The maximum Gasteiger partial charge on any atom is 0.229 e. The molecule has 6 nitrogen and oxygen atoms in total. The molecule has 1 aromatic heterocycles. The van der Waals surface area contributed by atoms with E-state index in [-0.39, 0.29) is 17.4 Å². The number of hydrogen-bond acceptors (Lipinski definition) is 4. The van der Waals surface area contributed by atoms with E-state index in [0.717, 1.165) is 63.2 Å². The second-order valence-electron chi connectivity index (χ2n) is 8.24. The Morgan fingerprint density at radius 2 is 2.11 bits per heavy atom. The average Bonchev–Trinajstić information content (AvgIpc) is 3.24. The number of carbonyl (C=O) groups excluding carboxylic acids is 1. The number of nitrogens with zero attached hydrogens (tertiary/aromatic N) is 3. The number of hydrogen-bond donors (Lipinski definition) is 1. The van der Waals surface area contributed by atoms with Crippen molar-refractivity contribution in [3.8, 4) is 5.75 Å². The van der Waals surface area contributed by atoms with E-state index in [9.17, 15) is 4.79 Å². The molecule has 1 atom stereocenters. The molecule has 5 rings (SSSR count). The lowest BCUT2D eigenvalue weighted by atomic mass is 9.78. The SMILES string of the molecule is CCN1CCc2[nH]cnc2C12CCN(C(=O)C1COc3ccccc3C1)CC2. The molecule has 148 valence electrons. The summed E-state index contributed by atoms with van der Waals surface area (Å²) in [5.74, 6) is 1.10. The van der Waals surface area contributed by atoms with Crippen LogP contribution < -0.4 is 4.74 Å². The topological polar surface area (TPSA) is 61.5 Å². The van der Waals surface area contributed by atoms with Crippen molar-refractivity contribution in [3.63, 3.8) is 0 Å². The molecule has 1 amide bonds. The van der Waals surface area contributed by atoms with E-state index >= 15 is 0 Å². The second kappa shape index (κ2) is 6.92. The van der Waals surface area contributed by atoms with Crippen molar-refractivity contribution in [2.24, 2.45) is 5.92 Å². The zero-order valence-electron chi connectivity index (χ0n) is 16.5. The van der Waals surface area contributed by atoms with Gasteiger partial charge in [-0.05, 0) is 37.4 Å². The lowest BCUT2D eigenvalue weighted by Gasteiger charge is -2.50. The predicted octanol–water partition coefficient (Wildman–Crippen LogP) is 2.36. The minimum absolute atomic E-state index is 0.0191. The van der Waals surface area contributed by atoms with Gasteiger partial charge in [-0.25, -0.2) is 4.98 Å². The summed E-state index contributed by atoms with van der Waals surface area (Å²) >= 11 is 0. The molecule has 0 aliphatic carbocycles. The number of H-pyrrole nitrogens is 1. The maximum absolute atomic E-state index is 13.2. The summed E-state index contributed by atoms with van der Waals surface area (Å²) in [6, 6.07) is 8.06. The fourth-order valence-corrected chi connectivity index (χ4v) is 5.38. The lowest BCUT2D eigenvalue weighted by Crippen LogP contribution is -2.57. The van der Waals surface area contributed by atoms with Crippen LogP contribution in [-0.4, -0.2) is 58.5 Å². The first-order valence-corrected chi connectivity index (χ1v) is 10.5. The van der Waals surface area contributed by atoms with Gasteiger partial charge in [0.25, 0.3) is 0 Å². The van der Waals surface area contributed by atoms with E-state index in [4.69, 9.17) is 9.72 Å². The van der Waals surface area contributed by atoms with Crippen LogP contribution in [0.1, 0.15) is 36.7 Å². The Labute approximate surface area is 165 Å². The molecule has 1 fully saturated rings. The quantitative estimate of drug-likeness (QED) is 0.869. The van der Waals surface area contributed by atoms with Crippen molar-refractivity contribution in [2.45, 2.75) is 38.1 Å².